The molecule has 0 aromatic heterocycles. The molecule has 23 heavy (non-hydrogen) atoms. The summed E-state index contributed by atoms with van der Waals surface area (Å²) in [6.07, 6.45) is 1.60. The van der Waals surface area contributed by atoms with Crippen LogP contribution in [0, 0.1) is 6.92 Å². The van der Waals surface area contributed by atoms with E-state index in [1.807, 2.05) is 13.0 Å². The Balaban J connectivity index is 2.78. The Kier molecular flexibility index (Phi) is 7.47. The second kappa shape index (κ2) is 8.85. The number of nitrogens with one attached hydrogen (secondary N) is 1. The van der Waals surface area contributed by atoms with Crippen molar-refractivity contribution >= 4 is 21.6 Å². The van der Waals surface area contributed by atoms with Crippen LogP contribution in [-0.2, 0) is 19.6 Å². The maximum atomic E-state index is 12.2. The summed E-state index contributed by atoms with van der Waals surface area (Å²) in [5.74, 6) is 0.103. The summed E-state index contributed by atoms with van der Waals surface area (Å²) in [5, 5.41) is 2.69. The van der Waals surface area contributed by atoms with Crippen molar-refractivity contribution in [2.45, 2.75) is 13.3 Å². The number of methoxy groups -OCH3 is 2. The number of carbonyl (C=O) groups excluding carboxylic acids is 1. The molecular formula is C15H24N2O5S. The average Bonchev–Trinajstić information content (AvgIpc) is 2.45. The van der Waals surface area contributed by atoms with E-state index in [1.54, 1.807) is 19.2 Å². The highest BCUT2D eigenvalue weighted by molar-refractivity contribution is 7.88. The molecule has 0 heterocycles. The summed E-state index contributed by atoms with van der Waals surface area (Å²) >= 11 is 0. The fourth-order valence-corrected chi connectivity index (χ4v) is 2.83. The first-order valence-electron chi connectivity index (χ1n) is 7.16. The van der Waals surface area contributed by atoms with Gasteiger partial charge in [-0.25, -0.2) is 8.42 Å². The van der Waals surface area contributed by atoms with Gasteiger partial charge in [0.05, 0.1) is 25.6 Å². The maximum absolute atomic E-state index is 12.2. The van der Waals surface area contributed by atoms with E-state index in [0.717, 1.165) is 16.1 Å². The minimum Gasteiger partial charge on any atom is -0.495 e. The van der Waals surface area contributed by atoms with Gasteiger partial charge >= 0.3 is 0 Å². The Morgan fingerprint density at radius 2 is 2.00 bits per heavy atom. The molecule has 1 aromatic rings. The van der Waals surface area contributed by atoms with Crippen molar-refractivity contribution in [2.24, 2.45) is 0 Å². The van der Waals surface area contributed by atoms with Crippen LogP contribution in [0.5, 0.6) is 5.75 Å². The molecule has 0 aliphatic carbocycles. The highest BCUT2D eigenvalue weighted by Crippen LogP contribution is 2.25. The number of rotatable bonds is 9. The van der Waals surface area contributed by atoms with Crippen molar-refractivity contribution in [3.8, 4) is 5.75 Å². The van der Waals surface area contributed by atoms with Gasteiger partial charge in [-0.15, -0.1) is 0 Å². The summed E-state index contributed by atoms with van der Waals surface area (Å²) in [6.45, 7) is 2.30. The summed E-state index contributed by atoms with van der Waals surface area (Å²) in [6, 6.07) is 5.38. The third kappa shape index (κ3) is 6.55. The second-order valence-electron chi connectivity index (χ2n) is 5.19. The molecule has 8 heteroatoms. The van der Waals surface area contributed by atoms with Gasteiger partial charge in [0.25, 0.3) is 0 Å². The van der Waals surface area contributed by atoms with E-state index in [4.69, 9.17) is 9.47 Å². The lowest BCUT2D eigenvalue weighted by Crippen LogP contribution is -2.38. The Morgan fingerprint density at radius 1 is 1.30 bits per heavy atom. The molecule has 0 spiro atoms. The molecular weight excluding hydrogens is 320 g/mol. The van der Waals surface area contributed by atoms with Gasteiger partial charge in [-0.05, 0) is 31.0 Å². The number of benzene rings is 1. The van der Waals surface area contributed by atoms with Crippen LogP contribution in [0.2, 0.25) is 0 Å². The molecule has 1 amide bonds. The molecule has 1 aromatic carbocycles. The number of ether oxygens (including phenoxy) is 2. The summed E-state index contributed by atoms with van der Waals surface area (Å²) in [5.41, 5.74) is 1.48. The molecule has 1 rings (SSSR count). The summed E-state index contributed by atoms with van der Waals surface area (Å²) < 4.78 is 34.8. The lowest BCUT2D eigenvalue weighted by molar-refractivity contribution is -0.116. The molecule has 0 aliphatic heterocycles. The van der Waals surface area contributed by atoms with E-state index in [2.05, 4.69) is 5.32 Å². The Bertz CT molecular complexity index is 631. The molecule has 0 saturated heterocycles. The van der Waals surface area contributed by atoms with Gasteiger partial charge in [0.2, 0.25) is 15.9 Å². The first-order valence-corrected chi connectivity index (χ1v) is 9.01. The van der Waals surface area contributed by atoms with Crippen LogP contribution in [0.25, 0.3) is 0 Å². The zero-order valence-electron chi connectivity index (χ0n) is 14.0. The highest BCUT2D eigenvalue weighted by atomic mass is 32.2. The number of aryl methyl sites for hydroxylation is 1. The van der Waals surface area contributed by atoms with Crippen molar-refractivity contribution in [1.29, 1.82) is 0 Å². The molecule has 0 fully saturated rings. The molecule has 7 nitrogen and oxygen atoms in total. The number of hydrogen-bond acceptors (Lipinski definition) is 5. The largest absolute Gasteiger partial charge is 0.495 e. The normalized spacial score (nSPS) is 11.5. The van der Waals surface area contributed by atoms with E-state index >= 15 is 0 Å². The zero-order chi connectivity index (χ0) is 17.5. The fourth-order valence-electron chi connectivity index (χ4n) is 2.02. The van der Waals surface area contributed by atoms with Crippen molar-refractivity contribution in [2.75, 3.05) is 45.5 Å². The van der Waals surface area contributed by atoms with E-state index in [1.165, 1.54) is 7.11 Å². The van der Waals surface area contributed by atoms with E-state index in [0.29, 0.717) is 24.5 Å². The van der Waals surface area contributed by atoms with Crippen LogP contribution in [0.1, 0.15) is 12.0 Å². The third-order valence-electron chi connectivity index (χ3n) is 3.17. The molecule has 1 N–H and O–H groups in total. The van der Waals surface area contributed by atoms with Crippen LogP contribution in [0.15, 0.2) is 18.2 Å². The van der Waals surface area contributed by atoms with Gasteiger partial charge in [0, 0.05) is 20.3 Å². The van der Waals surface area contributed by atoms with Gasteiger partial charge in [-0.1, -0.05) is 6.07 Å². The van der Waals surface area contributed by atoms with Crippen LogP contribution in [-0.4, -0.2) is 58.8 Å². The quantitative estimate of drug-likeness (QED) is 0.681. The van der Waals surface area contributed by atoms with Crippen LogP contribution in [0.4, 0.5) is 5.69 Å². The van der Waals surface area contributed by atoms with Gasteiger partial charge in [-0.2, -0.15) is 4.31 Å². The van der Waals surface area contributed by atoms with Gasteiger partial charge in [0.1, 0.15) is 5.75 Å². The molecule has 0 unspecified atom stereocenters. The first-order chi connectivity index (χ1) is 10.8. The zero-order valence-corrected chi connectivity index (χ0v) is 14.8. The van der Waals surface area contributed by atoms with Crippen molar-refractivity contribution in [1.82, 2.24) is 4.31 Å². The number of sulfonamides is 1. The monoisotopic (exact) mass is 344 g/mol. The van der Waals surface area contributed by atoms with Gasteiger partial charge < -0.3 is 14.8 Å². The van der Waals surface area contributed by atoms with E-state index < -0.39 is 15.9 Å². The minimum atomic E-state index is -3.47. The Labute approximate surface area is 137 Å². The maximum Gasteiger partial charge on any atom is 0.239 e. The topological polar surface area (TPSA) is 84.9 Å². The predicted octanol–water partition coefficient (Wildman–Crippen LogP) is 1.24. The number of anilines is 1. The fraction of sp³-hybridized carbons (Fsp3) is 0.533. The van der Waals surface area contributed by atoms with E-state index in [-0.39, 0.29) is 13.1 Å². The number of carbonyl (C=O) groups is 1. The summed E-state index contributed by atoms with van der Waals surface area (Å²) in [4.78, 5) is 12.2. The standard InChI is InChI=1S/C15H24N2O5S/c1-12-6-7-14(22-3)13(10-12)16-15(18)11-17(23(4,19)20)8-5-9-21-2/h6-7,10H,5,8-9,11H2,1-4H3,(H,16,18). The van der Waals surface area contributed by atoms with Gasteiger partial charge in [0.15, 0.2) is 0 Å². The SMILES string of the molecule is COCCCN(CC(=O)Nc1cc(C)ccc1OC)S(C)(=O)=O. The van der Waals surface area contributed by atoms with Crippen LogP contribution >= 0.6 is 0 Å². The van der Waals surface area contributed by atoms with Crippen LogP contribution in [0.3, 0.4) is 0 Å². The van der Waals surface area contributed by atoms with Crippen molar-refractivity contribution in [3.05, 3.63) is 23.8 Å². The number of hydrogen-bond donors (Lipinski definition) is 1. The molecule has 0 saturated carbocycles. The lowest BCUT2D eigenvalue weighted by Gasteiger charge is -2.19. The predicted molar refractivity (Wildman–Crippen MR) is 89.3 cm³/mol. The summed E-state index contributed by atoms with van der Waals surface area (Å²) in [7, 11) is -0.420. The van der Waals surface area contributed by atoms with Crippen molar-refractivity contribution in [3.63, 3.8) is 0 Å². The number of amides is 1. The molecule has 0 radical (unpaired) electrons. The van der Waals surface area contributed by atoms with Gasteiger partial charge in [-0.3, -0.25) is 4.79 Å². The molecule has 0 atom stereocenters. The second-order valence-corrected chi connectivity index (χ2v) is 7.18. The Hall–Kier alpha value is -1.64. The number of nitrogens with zero attached hydrogens (tertiary/aromatic N) is 1. The third-order valence-corrected chi connectivity index (χ3v) is 4.42. The smallest absolute Gasteiger partial charge is 0.239 e. The van der Waals surface area contributed by atoms with E-state index in [9.17, 15) is 13.2 Å². The highest BCUT2D eigenvalue weighted by Gasteiger charge is 2.20. The molecule has 0 bridgehead atoms. The average molecular weight is 344 g/mol. The van der Waals surface area contributed by atoms with Crippen LogP contribution < -0.4 is 10.1 Å². The first kappa shape index (κ1) is 19.4. The Morgan fingerprint density at radius 3 is 2.57 bits per heavy atom. The molecule has 130 valence electrons. The van der Waals surface area contributed by atoms with Crippen molar-refractivity contribution < 1.29 is 22.7 Å². The minimum absolute atomic E-state index is 0.227. The molecule has 0 aliphatic rings. The lowest BCUT2D eigenvalue weighted by atomic mass is 10.2.